The summed E-state index contributed by atoms with van der Waals surface area (Å²) in [6, 6.07) is 10.1. The summed E-state index contributed by atoms with van der Waals surface area (Å²) < 4.78 is 1.83. The van der Waals surface area contributed by atoms with E-state index in [0.29, 0.717) is 5.11 Å². The largest absolute Gasteiger partial charge is 0.366 e. The summed E-state index contributed by atoms with van der Waals surface area (Å²) in [5, 5.41) is 10.8. The van der Waals surface area contributed by atoms with E-state index in [9.17, 15) is 0 Å². The maximum absolute atomic E-state index is 5.01. The first-order valence-corrected chi connectivity index (χ1v) is 5.75. The Morgan fingerprint density at radius 3 is 2.71 bits per heavy atom. The van der Waals surface area contributed by atoms with E-state index in [-0.39, 0.29) is 0 Å². The quantitative estimate of drug-likeness (QED) is 0.805. The van der Waals surface area contributed by atoms with Gasteiger partial charge < -0.3 is 10.6 Å². The molecule has 2 aromatic rings. The van der Waals surface area contributed by atoms with Crippen molar-refractivity contribution in [2.75, 3.05) is 7.05 Å². The van der Waals surface area contributed by atoms with Crippen LogP contribution in [0.4, 0.5) is 0 Å². The second-order valence-corrected chi connectivity index (χ2v) is 3.96. The number of benzene rings is 1. The molecule has 0 atom stereocenters. The fraction of sp³-hybridized carbons (Fsp3) is 0.167. The molecule has 0 radical (unpaired) electrons. The van der Waals surface area contributed by atoms with Gasteiger partial charge in [-0.1, -0.05) is 12.1 Å². The molecule has 0 fully saturated rings. The van der Waals surface area contributed by atoms with Crippen molar-refractivity contribution in [3.8, 4) is 5.69 Å². The molecule has 1 heterocycles. The van der Waals surface area contributed by atoms with E-state index in [2.05, 4.69) is 27.9 Å². The van der Waals surface area contributed by atoms with Crippen molar-refractivity contribution in [1.29, 1.82) is 0 Å². The van der Waals surface area contributed by atoms with Crippen molar-refractivity contribution in [2.45, 2.75) is 6.54 Å². The fourth-order valence-electron chi connectivity index (χ4n) is 1.46. The summed E-state index contributed by atoms with van der Waals surface area (Å²) in [5.74, 6) is 0. The highest BCUT2D eigenvalue weighted by Crippen LogP contribution is 2.08. The zero-order chi connectivity index (χ0) is 12.1. The van der Waals surface area contributed by atoms with Gasteiger partial charge in [0, 0.05) is 26.0 Å². The van der Waals surface area contributed by atoms with E-state index >= 15 is 0 Å². The van der Waals surface area contributed by atoms with Crippen molar-refractivity contribution in [3.63, 3.8) is 0 Å². The van der Waals surface area contributed by atoms with Gasteiger partial charge in [0.05, 0.1) is 5.69 Å². The fourth-order valence-corrected chi connectivity index (χ4v) is 1.53. The van der Waals surface area contributed by atoms with Gasteiger partial charge in [-0.3, -0.25) is 0 Å². The number of thiocarbonyl (C=S) groups is 1. The molecule has 0 unspecified atom stereocenters. The molecule has 0 aliphatic heterocycles. The number of hydrogen-bond donors (Lipinski definition) is 2. The predicted molar refractivity (Wildman–Crippen MR) is 72.1 cm³/mol. The van der Waals surface area contributed by atoms with Gasteiger partial charge in [0.15, 0.2) is 5.11 Å². The van der Waals surface area contributed by atoms with Crippen LogP contribution in [0.15, 0.2) is 42.7 Å². The van der Waals surface area contributed by atoms with Crippen LogP contribution in [0.5, 0.6) is 0 Å². The number of rotatable bonds is 3. The summed E-state index contributed by atoms with van der Waals surface area (Å²) in [7, 11) is 1.80. The molecule has 2 N–H and O–H groups in total. The minimum Gasteiger partial charge on any atom is -0.366 e. The van der Waals surface area contributed by atoms with E-state index < -0.39 is 0 Å². The summed E-state index contributed by atoms with van der Waals surface area (Å²) >= 11 is 5.01. The molecule has 0 aliphatic rings. The summed E-state index contributed by atoms with van der Waals surface area (Å²) in [6.45, 7) is 0.721. The Morgan fingerprint density at radius 2 is 2.12 bits per heavy atom. The molecule has 4 nitrogen and oxygen atoms in total. The lowest BCUT2D eigenvalue weighted by molar-refractivity contribution is 0.869. The van der Waals surface area contributed by atoms with E-state index in [4.69, 9.17) is 12.2 Å². The highest BCUT2D eigenvalue weighted by molar-refractivity contribution is 7.80. The highest BCUT2D eigenvalue weighted by Gasteiger charge is 1.97. The second kappa shape index (κ2) is 5.45. The van der Waals surface area contributed by atoms with E-state index in [0.717, 1.165) is 12.2 Å². The minimum atomic E-state index is 0.654. The van der Waals surface area contributed by atoms with Crippen LogP contribution in [0.2, 0.25) is 0 Å². The van der Waals surface area contributed by atoms with Gasteiger partial charge in [0.2, 0.25) is 0 Å². The summed E-state index contributed by atoms with van der Waals surface area (Å²) in [5.41, 5.74) is 2.23. The Morgan fingerprint density at radius 1 is 1.35 bits per heavy atom. The first kappa shape index (κ1) is 11.6. The maximum Gasteiger partial charge on any atom is 0.166 e. The highest BCUT2D eigenvalue weighted by atomic mass is 32.1. The van der Waals surface area contributed by atoms with Crippen molar-refractivity contribution in [2.24, 2.45) is 0 Å². The van der Waals surface area contributed by atoms with Crippen LogP contribution in [0.3, 0.4) is 0 Å². The van der Waals surface area contributed by atoms with Crippen molar-refractivity contribution >= 4 is 17.3 Å². The smallest absolute Gasteiger partial charge is 0.166 e. The first-order chi connectivity index (χ1) is 8.29. The van der Waals surface area contributed by atoms with Crippen LogP contribution >= 0.6 is 12.2 Å². The Bertz CT molecular complexity index is 476. The van der Waals surface area contributed by atoms with E-state index in [1.807, 2.05) is 29.1 Å². The zero-order valence-corrected chi connectivity index (χ0v) is 10.4. The molecule has 0 saturated carbocycles. The minimum absolute atomic E-state index is 0.654. The van der Waals surface area contributed by atoms with Gasteiger partial charge in [0.1, 0.15) is 0 Å². The molecule has 0 spiro atoms. The molecule has 0 amide bonds. The lowest BCUT2D eigenvalue weighted by Gasteiger charge is -2.07. The van der Waals surface area contributed by atoms with Crippen LogP contribution in [0.1, 0.15) is 5.56 Å². The summed E-state index contributed by atoms with van der Waals surface area (Å²) in [6.07, 6.45) is 3.68. The van der Waals surface area contributed by atoms with E-state index in [1.165, 1.54) is 5.56 Å². The standard InChI is InChI=1S/C12H14N4S/c1-13-12(17)14-9-10-3-5-11(6-4-10)16-8-2-7-15-16/h2-8H,9H2,1H3,(H2,13,14,17). The average Bonchev–Trinajstić information content (AvgIpc) is 2.90. The topological polar surface area (TPSA) is 41.9 Å². The Labute approximate surface area is 106 Å². The van der Waals surface area contributed by atoms with Crippen LogP contribution in [-0.4, -0.2) is 21.9 Å². The number of nitrogens with one attached hydrogen (secondary N) is 2. The van der Waals surface area contributed by atoms with Gasteiger partial charge in [-0.15, -0.1) is 0 Å². The van der Waals surface area contributed by atoms with Crippen molar-refractivity contribution < 1.29 is 0 Å². The second-order valence-electron chi connectivity index (χ2n) is 3.55. The molecule has 17 heavy (non-hydrogen) atoms. The molecule has 0 aliphatic carbocycles. The monoisotopic (exact) mass is 246 g/mol. The lowest BCUT2D eigenvalue weighted by atomic mass is 10.2. The van der Waals surface area contributed by atoms with E-state index in [1.54, 1.807) is 13.2 Å². The molecule has 2 rings (SSSR count). The molecule has 1 aromatic carbocycles. The average molecular weight is 246 g/mol. The van der Waals surface area contributed by atoms with Gasteiger partial charge in [-0.05, 0) is 36.0 Å². The first-order valence-electron chi connectivity index (χ1n) is 5.34. The molecule has 5 heteroatoms. The third-order valence-electron chi connectivity index (χ3n) is 2.39. The van der Waals surface area contributed by atoms with Crippen LogP contribution in [-0.2, 0) is 6.54 Å². The molecular formula is C12H14N4S. The van der Waals surface area contributed by atoms with Crippen LogP contribution in [0.25, 0.3) is 5.69 Å². The number of nitrogens with zero attached hydrogens (tertiary/aromatic N) is 2. The molecular weight excluding hydrogens is 232 g/mol. The molecule has 88 valence electrons. The molecule has 0 saturated heterocycles. The number of aromatic nitrogens is 2. The van der Waals surface area contributed by atoms with Gasteiger partial charge in [-0.2, -0.15) is 5.10 Å². The van der Waals surface area contributed by atoms with Crippen molar-refractivity contribution in [1.82, 2.24) is 20.4 Å². The third kappa shape index (κ3) is 3.04. The normalized spacial score (nSPS) is 9.94. The maximum atomic E-state index is 5.01. The lowest BCUT2D eigenvalue weighted by Crippen LogP contribution is -2.31. The Kier molecular flexibility index (Phi) is 3.72. The van der Waals surface area contributed by atoms with Gasteiger partial charge in [0.25, 0.3) is 0 Å². The van der Waals surface area contributed by atoms with Crippen molar-refractivity contribution in [3.05, 3.63) is 48.3 Å². The predicted octanol–water partition coefficient (Wildman–Crippen LogP) is 1.47. The zero-order valence-electron chi connectivity index (χ0n) is 9.55. The van der Waals surface area contributed by atoms with Gasteiger partial charge in [-0.25, -0.2) is 4.68 Å². The Balaban J connectivity index is 2.01. The third-order valence-corrected chi connectivity index (χ3v) is 2.73. The SMILES string of the molecule is CNC(=S)NCc1ccc(-n2cccn2)cc1. The Hall–Kier alpha value is -1.88. The summed E-state index contributed by atoms with van der Waals surface area (Å²) in [4.78, 5) is 0. The van der Waals surface area contributed by atoms with Gasteiger partial charge >= 0.3 is 0 Å². The molecule has 1 aromatic heterocycles. The number of hydrogen-bond acceptors (Lipinski definition) is 2. The van der Waals surface area contributed by atoms with Crippen LogP contribution in [0, 0.1) is 0 Å². The molecule has 0 bridgehead atoms. The van der Waals surface area contributed by atoms with Crippen LogP contribution < -0.4 is 10.6 Å².